The molecule has 38 heavy (non-hydrogen) atoms. The number of nitrogens with zero attached hydrogens (tertiary/aromatic N) is 3. The Labute approximate surface area is 221 Å². The Bertz CT molecular complexity index is 1460. The molecule has 2 N–H and O–H groups in total. The van der Waals surface area contributed by atoms with E-state index in [9.17, 15) is 9.59 Å². The minimum Gasteiger partial charge on any atom is -0.378 e. The first-order chi connectivity index (χ1) is 18.6. The topological polar surface area (TPSA) is 88.5 Å². The summed E-state index contributed by atoms with van der Waals surface area (Å²) in [5, 5.41) is 10.4. The van der Waals surface area contributed by atoms with Crippen LogP contribution in [0.2, 0.25) is 0 Å². The van der Waals surface area contributed by atoms with Gasteiger partial charge < -0.3 is 20.3 Å². The molecule has 6 rings (SSSR count). The van der Waals surface area contributed by atoms with Gasteiger partial charge in [-0.1, -0.05) is 30.3 Å². The van der Waals surface area contributed by atoms with Gasteiger partial charge in [0.2, 0.25) is 5.91 Å². The number of aromatic nitrogens is 2. The third kappa shape index (κ3) is 5.03. The average molecular weight is 508 g/mol. The molecule has 0 bridgehead atoms. The molecule has 3 aromatic carbocycles. The fourth-order valence-corrected chi connectivity index (χ4v) is 5.16. The van der Waals surface area contributed by atoms with Crippen molar-refractivity contribution < 1.29 is 14.3 Å². The second kappa shape index (κ2) is 10.5. The number of hydrogen-bond donors (Lipinski definition) is 2. The summed E-state index contributed by atoms with van der Waals surface area (Å²) in [6.07, 6.45) is 5.12. The van der Waals surface area contributed by atoms with Gasteiger partial charge in [0.1, 0.15) is 0 Å². The van der Waals surface area contributed by atoms with E-state index in [1.807, 2.05) is 54.6 Å². The zero-order valence-corrected chi connectivity index (χ0v) is 21.0. The largest absolute Gasteiger partial charge is 0.378 e. The third-order valence-corrected chi connectivity index (χ3v) is 7.17. The number of nitrogens with one attached hydrogen (secondary N) is 2. The lowest BCUT2D eigenvalue weighted by atomic mass is 10.0. The second-order valence-corrected chi connectivity index (χ2v) is 9.60. The Morgan fingerprint density at radius 1 is 0.868 bits per heavy atom. The summed E-state index contributed by atoms with van der Waals surface area (Å²) in [7, 11) is 0. The zero-order valence-electron chi connectivity index (χ0n) is 21.0. The van der Waals surface area contributed by atoms with Crippen LogP contribution in [-0.2, 0) is 16.0 Å². The van der Waals surface area contributed by atoms with Crippen molar-refractivity contribution in [2.45, 2.75) is 18.8 Å². The van der Waals surface area contributed by atoms with Crippen molar-refractivity contribution in [3.8, 4) is 5.69 Å². The number of morpholine rings is 1. The van der Waals surface area contributed by atoms with Crippen molar-refractivity contribution >= 4 is 28.9 Å². The van der Waals surface area contributed by atoms with Crippen molar-refractivity contribution in [1.29, 1.82) is 0 Å². The van der Waals surface area contributed by atoms with Crippen LogP contribution in [0.15, 0.2) is 85.2 Å². The molecular formula is C30H29N5O3. The van der Waals surface area contributed by atoms with Crippen LogP contribution in [0.5, 0.6) is 0 Å². The van der Waals surface area contributed by atoms with E-state index in [1.165, 1.54) is 5.56 Å². The first-order valence-electron chi connectivity index (χ1n) is 12.9. The molecule has 0 saturated carbocycles. The van der Waals surface area contributed by atoms with E-state index < -0.39 is 0 Å². The van der Waals surface area contributed by atoms with Crippen molar-refractivity contribution in [3.63, 3.8) is 0 Å². The summed E-state index contributed by atoms with van der Waals surface area (Å²) in [6, 6.07) is 23.2. The highest BCUT2D eigenvalue weighted by Crippen LogP contribution is 2.33. The molecule has 1 unspecified atom stereocenters. The van der Waals surface area contributed by atoms with Crippen molar-refractivity contribution in [3.05, 3.63) is 102 Å². The van der Waals surface area contributed by atoms with Gasteiger partial charge in [-0.05, 0) is 66.4 Å². The second-order valence-electron chi connectivity index (χ2n) is 9.60. The van der Waals surface area contributed by atoms with Gasteiger partial charge in [-0.3, -0.25) is 9.59 Å². The molecule has 8 nitrogen and oxygen atoms in total. The molecule has 0 spiro atoms. The first-order valence-corrected chi connectivity index (χ1v) is 12.9. The van der Waals surface area contributed by atoms with E-state index >= 15 is 0 Å². The minimum absolute atomic E-state index is 0.0257. The minimum atomic E-state index is -0.202. The number of benzene rings is 3. The molecule has 192 valence electrons. The molecule has 8 heteroatoms. The van der Waals surface area contributed by atoms with Crippen molar-refractivity contribution in [2.75, 3.05) is 41.8 Å². The molecule has 1 fully saturated rings. The van der Waals surface area contributed by atoms with E-state index in [0.29, 0.717) is 11.3 Å². The molecular weight excluding hydrogens is 478 g/mol. The fourth-order valence-electron chi connectivity index (χ4n) is 5.16. The highest BCUT2D eigenvalue weighted by atomic mass is 16.5. The highest BCUT2D eigenvalue weighted by molar-refractivity contribution is 6.04. The van der Waals surface area contributed by atoms with E-state index in [1.54, 1.807) is 29.2 Å². The molecule has 2 amide bonds. The fraction of sp³-hybridized carbons (Fsp3) is 0.233. The van der Waals surface area contributed by atoms with Crippen LogP contribution in [-0.4, -0.2) is 47.9 Å². The molecule has 1 atom stereocenters. The number of aryl methyl sites for hydroxylation is 1. The van der Waals surface area contributed by atoms with Crippen molar-refractivity contribution in [2.24, 2.45) is 0 Å². The van der Waals surface area contributed by atoms with Crippen LogP contribution >= 0.6 is 0 Å². The smallest absolute Gasteiger partial charge is 0.255 e. The van der Waals surface area contributed by atoms with Gasteiger partial charge in [0.05, 0.1) is 42.9 Å². The summed E-state index contributed by atoms with van der Waals surface area (Å²) < 4.78 is 7.07. The van der Waals surface area contributed by atoms with Crippen LogP contribution in [0, 0.1) is 0 Å². The maximum atomic E-state index is 13.0. The molecule has 1 saturated heterocycles. The number of fused-ring (bicyclic) bond motifs is 1. The van der Waals surface area contributed by atoms with Gasteiger partial charge in [-0.15, -0.1) is 0 Å². The van der Waals surface area contributed by atoms with Crippen molar-refractivity contribution in [1.82, 2.24) is 9.78 Å². The lowest BCUT2D eigenvalue weighted by molar-refractivity contribution is -0.117. The number of ether oxygens (including phenoxy) is 1. The quantitative estimate of drug-likeness (QED) is 0.397. The summed E-state index contributed by atoms with van der Waals surface area (Å²) in [5.41, 5.74) is 6.06. The number of amides is 2. The zero-order chi connectivity index (χ0) is 25.9. The molecule has 2 heterocycles. The molecule has 1 aliphatic carbocycles. The predicted octanol–water partition coefficient (Wildman–Crippen LogP) is 4.63. The SMILES string of the molecule is O=C(Nc1ccc(N2CCOCC2)cc1)c1cccc(-n2cc(NC(=O)C3CCc4ccccc43)cn2)c1. The Kier molecular flexibility index (Phi) is 6.62. The summed E-state index contributed by atoms with van der Waals surface area (Å²) in [6.45, 7) is 3.19. The lowest BCUT2D eigenvalue weighted by Gasteiger charge is -2.28. The molecule has 1 aliphatic heterocycles. The van der Waals surface area contributed by atoms with Gasteiger partial charge in [-0.25, -0.2) is 4.68 Å². The molecule has 4 aromatic rings. The Morgan fingerprint density at radius 2 is 1.68 bits per heavy atom. The molecule has 0 radical (unpaired) electrons. The maximum Gasteiger partial charge on any atom is 0.255 e. The van der Waals surface area contributed by atoms with Crippen LogP contribution in [0.1, 0.15) is 33.8 Å². The van der Waals surface area contributed by atoms with Gasteiger partial charge in [0, 0.05) is 30.0 Å². The van der Waals surface area contributed by atoms with Crippen LogP contribution in [0.3, 0.4) is 0 Å². The van der Waals surface area contributed by atoms with Gasteiger partial charge in [-0.2, -0.15) is 5.10 Å². The third-order valence-electron chi connectivity index (χ3n) is 7.17. The van der Waals surface area contributed by atoms with Crippen LogP contribution in [0.25, 0.3) is 5.69 Å². The molecule has 2 aliphatic rings. The number of hydrogen-bond acceptors (Lipinski definition) is 5. The summed E-state index contributed by atoms with van der Waals surface area (Å²) in [4.78, 5) is 28.2. The van der Waals surface area contributed by atoms with Crippen LogP contribution < -0.4 is 15.5 Å². The first kappa shape index (κ1) is 23.9. The van der Waals surface area contributed by atoms with E-state index in [2.05, 4.69) is 26.7 Å². The van der Waals surface area contributed by atoms with Gasteiger partial charge >= 0.3 is 0 Å². The Morgan fingerprint density at radius 3 is 2.53 bits per heavy atom. The van der Waals surface area contributed by atoms with E-state index in [4.69, 9.17) is 4.74 Å². The number of rotatable bonds is 6. The Hall–Kier alpha value is -4.43. The number of anilines is 3. The average Bonchev–Trinajstić information content (AvgIpc) is 3.61. The number of carbonyl (C=O) groups is 2. The highest BCUT2D eigenvalue weighted by Gasteiger charge is 2.28. The lowest BCUT2D eigenvalue weighted by Crippen LogP contribution is -2.36. The Balaban J connectivity index is 1.10. The standard InChI is InChI=1S/C30H29N5O3/c36-29(32-23-9-11-25(12-10-23)34-14-16-38-17-15-34)22-5-3-6-26(18-22)35-20-24(19-31-35)33-30(37)28-13-8-21-4-1-2-7-27(21)28/h1-7,9-12,18-20,28H,8,13-17H2,(H,32,36)(H,33,37). The van der Waals surface area contributed by atoms with Gasteiger partial charge in [0.25, 0.3) is 5.91 Å². The van der Waals surface area contributed by atoms with E-state index in [0.717, 1.165) is 61.8 Å². The van der Waals surface area contributed by atoms with Gasteiger partial charge in [0.15, 0.2) is 0 Å². The maximum absolute atomic E-state index is 13.0. The summed E-state index contributed by atoms with van der Waals surface area (Å²) >= 11 is 0. The monoisotopic (exact) mass is 507 g/mol. The van der Waals surface area contributed by atoms with Crippen LogP contribution in [0.4, 0.5) is 17.1 Å². The number of carbonyl (C=O) groups excluding carboxylic acids is 2. The molecule has 1 aromatic heterocycles. The van der Waals surface area contributed by atoms with E-state index in [-0.39, 0.29) is 17.7 Å². The summed E-state index contributed by atoms with van der Waals surface area (Å²) in [5.74, 6) is -0.377. The predicted molar refractivity (Wildman–Crippen MR) is 147 cm³/mol. The normalized spacial score (nSPS) is 16.6.